The molecule has 5 N–H and O–H groups in total. The van der Waals surface area contributed by atoms with Gasteiger partial charge in [-0.3, -0.25) is 14.7 Å². The molecular formula is C9H14N4O3. The van der Waals surface area contributed by atoms with Crippen molar-refractivity contribution in [2.75, 3.05) is 5.32 Å². The van der Waals surface area contributed by atoms with Crippen LogP contribution in [0.25, 0.3) is 0 Å². The van der Waals surface area contributed by atoms with Gasteiger partial charge in [0, 0.05) is 18.2 Å². The van der Waals surface area contributed by atoms with Crippen molar-refractivity contribution in [1.29, 1.82) is 0 Å². The second-order valence-electron chi connectivity index (χ2n) is 3.46. The Labute approximate surface area is 92.0 Å². The van der Waals surface area contributed by atoms with Crippen molar-refractivity contribution in [3.63, 3.8) is 0 Å². The van der Waals surface area contributed by atoms with Gasteiger partial charge < -0.3 is 16.2 Å². The molecular weight excluding hydrogens is 212 g/mol. The molecule has 0 saturated carbocycles. The number of carboxylic acid groups (broad SMARTS) is 1. The average molecular weight is 226 g/mol. The Kier molecular flexibility index (Phi) is 4.01. The van der Waals surface area contributed by atoms with E-state index in [-0.39, 0.29) is 12.8 Å². The second-order valence-corrected chi connectivity index (χ2v) is 3.46. The third kappa shape index (κ3) is 3.70. The second kappa shape index (κ2) is 5.26. The van der Waals surface area contributed by atoms with Crippen molar-refractivity contribution in [3.8, 4) is 0 Å². The molecule has 7 nitrogen and oxygen atoms in total. The molecule has 0 bridgehead atoms. The van der Waals surface area contributed by atoms with Crippen molar-refractivity contribution >= 4 is 17.7 Å². The van der Waals surface area contributed by atoms with E-state index in [1.807, 2.05) is 0 Å². The number of H-pyrrole nitrogens is 1. The minimum atomic E-state index is -0.973. The lowest BCUT2D eigenvalue weighted by Gasteiger charge is -2.08. The molecule has 1 amide bonds. The third-order valence-electron chi connectivity index (χ3n) is 1.96. The molecule has 16 heavy (non-hydrogen) atoms. The van der Waals surface area contributed by atoms with Crippen LogP contribution in [0.5, 0.6) is 0 Å². The van der Waals surface area contributed by atoms with Gasteiger partial charge in [-0.1, -0.05) is 0 Å². The van der Waals surface area contributed by atoms with Crippen LogP contribution in [0.2, 0.25) is 0 Å². The first kappa shape index (κ1) is 12.2. The molecule has 7 heteroatoms. The maximum Gasteiger partial charge on any atom is 0.303 e. The van der Waals surface area contributed by atoms with Crippen molar-refractivity contribution in [3.05, 3.63) is 11.8 Å². The largest absolute Gasteiger partial charge is 0.481 e. The summed E-state index contributed by atoms with van der Waals surface area (Å²) in [4.78, 5) is 21.7. The average Bonchev–Trinajstić information content (AvgIpc) is 2.60. The summed E-state index contributed by atoms with van der Waals surface area (Å²) in [6.45, 7) is 1.80. The number of nitrogens with one attached hydrogen (secondary N) is 2. The summed E-state index contributed by atoms with van der Waals surface area (Å²) < 4.78 is 0. The number of hydrogen-bond donors (Lipinski definition) is 4. The molecule has 0 saturated heterocycles. The number of aryl methyl sites for hydroxylation is 1. The SMILES string of the molecule is Cc1cc(NC(=O)C(N)CCC(=O)O)n[nH]1. The Balaban J connectivity index is 2.42. The Morgan fingerprint density at radius 2 is 2.38 bits per heavy atom. The maximum atomic E-state index is 11.5. The van der Waals surface area contributed by atoms with Crippen molar-refractivity contribution in [2.24, 2.45) is 5.73 Å². The maximum absolute atomic E-state index is 11.5. The van der Waals surface area contributed by atoms with E-state index < -0.39 is 17.9 Å². The zero-order chi connectivity index (χ0) is 12.1. The van der Waals surface area contributed by atoms with Gasteiger partial charge in [0.1, 0.15) is 0 Å². The number of rotatable bonds is 5. The predicted octanol–water partition coefficient (Wildman–Crippen LogP) is -0.151. The van der Waals surface area contributed by atoms with E-state index in [0.29, 0.717) is 5.82 Å². The lowest BCUT2D eigenvalue weighted by Crippen LogP contribution is -2.36. The molecule has 1 aromatic rings. The van der Waals surface area contributed by atoms with Crippen LogP contribution >= 0.6 is 0 Å². The molecule has 1 rings (SSSR count). The fraction of sp³-hybridized carbons (Fsp3) is 0.444. The van der Waals surface area contributed by atoms with Crippen LogP contribution < -0.4 is 11.1 Å². The van der Waals surface area contributed by atoms with Gasteiger partial charge >= 0.3 is 5.97 Å². The number of amides is 1. The molecule has 0 aromatic carbocycles. The van der Waals surface area contributed by atoms with Gasteiger partial charge in [-0.15, -0.1) is 0 Å². The first-order chi connectivity index (χ1) is 7.49. The van der Waals surface area contributed by atoms with Crippen LogP contribution in [0.1, 0.15) is 18.5 Å². The highest BCUT2D eigenvalue weighted by atomic mass is 16.4. The normalized spacial score (nSPS) is 12.1. The highest BCUT2D eigenvalue weighted by Gasteiger charge is 2.15. The summed E-state index contributed by atoms with van der Waals surface area (Å²) >= 11 is 0. The van der Waals surface area contributed by atoms with E-state index >= 15 is 0 Å². The van der Waals surface area contributed by atoms with Gasteiger partial charge in [0.05, 0.1) is 6.04 Å². The number of carbonyl (C=O) groups excluding carboxylic acids is 1. The van der Waals surface area contributed by atoms with Crippen LogP contribution in [-0.2, 0) is 9.59 Å². The van der Waals surface area contributed by atoms with Crippen LogP contribution in [0, 0.1) is 6.92 Å². The number of nitrogens with two attached hydrogens (primary N) is 1. The lowest BCUT2D eigenvalue weighted by molar-refractivity contribution is -0.137. The van der Waals surface area contributed by atoms with Crippen molar-refractivity contribution < 1.29 is 14.7 Å². The van der Waals surface area contributed by atoms with Crippen molar-refractivity contribution in [2.45, 2.75) is 25.8 Å². The Bertz CT molecular complexity index is 388. The number of carboxylic acids is 1. The van der Waals surface area contributed by atoms with Gasteiger partial charge in [-0.05, 0) is 13.3 Å². The number of aromatic amines is 1. The first-order valence-electron chi connectivity index (χ1n) is 4.79. The summed E-state index contributed by atoms with van der Waals surface area (Å²) in [5, 5.41) is 17.4. The zero-order valence-corrected chi connectivity index (χ0v) is 8.86. The monoisotopic (exact) mass is 226 g/mol. The Hall–Kier alpha value is -1.89. The molecule has 1 unspecified atom stereocenters. The minimum Gasteiger partial charge on any atom is -0.481 e. The highest BCUT2D eigenvalue weighted by molar-refractivity contribution is 5.94. The quantitative estimate of drug-likeness (QED) is 0.556. The molecule has 0 aliphatic carbocycles. The lowest BCUT2D eigenvalue weighted by atomic mass is 10.1. The number of anilines is 1. The fourth-order valence-electron chi connectivity index (χ4n) is 1.11. The number of nitrogens with zero attached hydrogens (tertiary/aromatic N) is 1. The van der Waals surface area contributed by atoms with Gasteiger partial charge in [0.15, 0.2) is 5.82 Å². The smallest absolute Gasteiger partial charge is 0.303 e. The van der Waals surface area contributed by atoms with Crippen LogP contribution in [0.3, 0.4) is 0 Å². The molecule has 0 aliphatic rings. The van der Waals surface area contributed by atoms with E-state index in [0.717, 1.165) is 5.69 Å². The molecule has 1 atom stereocenters. The summed E-state index contributed by atoms with van der Waals surface area (Å²) in [5.74, 6) is -1.03. The van der Waals surface area contributed by atoms with Gasteiger partial charge in [-0.25, -0.2) is 0 Å². The first-order valence-corrected chi connectivity index (χ1v) is 4.79. The van der Waals surface area contributed by atoms with Crippen LogP contribution in [0.4, 0.5) is 5.82 Å². The van der Waals surface area contributed by atoms with E-state index in [1.54, 1.807) is 13.0 Å². The Morgan fingerprint density at radius 1 is 1.69 bits per heavy atom. The molecule has 1 heterocycles. The number of carbonyl (C=O) groups is 2. The highest BCUT2D eigenvalue weighted by Crippen LogP contribution is 2.05. The van der Waals surface area contributed by atoms with Crippen molar-refractivity contribution in [1.82, 2.24) is 10.2 Å². The van der Waals surface area contributed by atoms with E-state index in [9.17, 15) is 9.59 Å². The molecule has 1 aromatic heterocycles. The summed E-state index contributed by atoms with van der Waals surface area (Å²) in [7, 11) is 0. The fourth-order valence-corrected chi connectivity index (χ4v) is 1.11. The predicted molar refractivity (Wildman–Crippen MR) is 56.8 cm³/mol. The Morgan fingerprint density at radius 3 is 2.88 bits per heavy atom. The van der Waals surface area contributed by atoms with Crippen LogP contribution in [-0.4, -0.2) is 33.2 Å². The van der Waals surface area contributed by atoms with E-state index in [2.05, 4.69) is 15.5 Å². The zero-order valence-electron chi connectivity index (χ0n) is 8.86. The number of hydrogen-bond acceptors (Lipinski definition) is 4. The standard InChI is InChI=1S/C9H14N4O3/c1-5-4-7(13-12-5)11-9(16)6(10)2-3-8(14)15/h4,6H,2-3,10H2,1H3,(H,14,15)(H2,11,12,13,16). The van der Waals surface area contributed by atoms with E-state index in [1.165, 1.54) is 0 Å². The molecule has 88 valence electrons. The minimum absolute atomic E-state index is 0.102. The third-order valence-corrected chi connectivity index (χ3v) is 1.96. The summed E-state index contributed by atoms with van der Waals surface area (Å²) in [6.07, 6.45) is -0.0290. The van der Waals surface area contributed by atoms with Gasteiger partial charge in [0.2, 0.25) is 5.91 Å². The summed E-state index contributed by atoms with van der Waals surface area (Å²) in [5.41, 5.74) is 6.32. The van der Waals surface area contributed by atoms with Gasteiger partial charge in [-0.2, -0.15) is 5.10 Å². The number of aliphatic carboxylic acids is 1. The molecule has 0 fully saturated rings. The number of aromatic nitrogens is 2. The van der Waals surface area contributed by atoms with Gasteiger partial charge in [0.25, 0.3) is 0 Å². The molecule has 0 aliphatic heterocycles. The van der Waals surface area contributed by atoms with Crippen LogP contribution in [0.15, 0.2) is 6.07 Å². The van der Waals surface area contributed by atoms with E-state index in [4.69, 9.17) is 10.8 Å². The summed E-state index contributed by atoms with van der Waals surface area (Å²) in [6, 6.07) is 0.815. The topological polar surface area (TPSA) is 121 Å². The molecule has 0 radical (unpaired) electrons. The molecule has 0 spiro atoms.